The SMILES string of the molecule is COc1ccc(Cl)cc1NC(=O)N1CCC(c2nc(-c3ccccn3)no2)CC1. The number of nitrogens with zero attached hydrogens (tertiary/aromatic N) is 4. The molecular formula is C20H20ClN5O3. The zero-order valence-corrected chi connectivity index (χ0v) is 16.6. The fourth-order valence-electron chi connectivity index (χ4n) is 3.30. The van der Waals surface area contributed by atoms with Crippen LogP contribution < -0.4 is 10.1 Å². The zero-order chi connectivity index (χ0) is 20.2. The molecule has 0 radical (unpaired) electrons. The van der Waals surface area contributed by atoms with Gasteiger partial charge in [-0.25, -0.2) is 4.79 Å². The molecule has 0 aliphatic carbocycles. The van der Waals surface area contributed by atoms with Gasteiger partial charge in [-0.2, -0.15) is 4.98 Å². The predicted molar refractivity (Wildman–Crippen MR) is 108 cm³/mol. The average Bonchev–Trinajstić information content (AvgIpc) is 3.25. The van der Waals surface area contributed by atoms with E-state index in [1.807, 2.05) is 18.2 Å². The summed E-state index contributed by atoms with van der Waals surface area (Å²) >= 11 is 6.03. The lowest BCUT2D eigenvalue weighted by Crippen LogP contribution is -2.40. The molecule has 4 rings (SSSR count). The van der Waals surface area contributed by atoms with E-state index in [-0.39, 0.29) is 11.9 Å². The summed E-state index contributed by atoms with van der Waals surface area (Å²) in [5.74, 6) is 1.74. The smallest absolute Gasteiger partial charge is 0.321 e. The van der Waals surface area contributed by atoms with Crippen molar-refractivity contribution in [2.75, 3.05) is 25.5 Å². The molecule has 9 heteroatoms. The second-order valence-electron chi connectivity index (χ2n) is 6.71. The van der Waals surface area contributed by atoms with Crippen molar-refractivity contribution < 1.29 is 14.1 Å². The van der Waals surface area contributed by atoms with Gasteiger partial charge in [0.05, 0.1) is 12.8 Å². The lowest BCUT2D eigenvalue weighted by atomic mass is 9.97. The fourth-order valence-corrected chi connectivity index (χ4v) is 3.47. The van der Waals surface area contributed by atoms with Crippen LogP contribution in [0.2, 0.25) is 5.02 Å². The first kappa shape index (κ1) is 19.2. The molecule has 0 spiro atoms. The molecule has 1 aromatic carbocycles. The molecule has 0 bridgehead atoms. The number of pyridine rings is 1. The third-order valence-corrected chi connectivity index (χ3v) is 5.11. The minimum Gasteiger partial charge on any atom is -0.495 e. The first-order chi connectivity index (χ1) is 14.1. The van der Waals surface area contributed by atoms with Gasteiger partial charge in [-0.3, -0.25) is 4.98 Å². The van der Waals surface area contributed by atoms with E-state index in [1.165, 1.54) is 0 Å². The monoisotopic (exact) mass is 413 g/mol. The van der Waals surface area contributed by atoms with Gasteiger partial charge < -0.3 is 19.5 Å². The van der Waals surface area contributed by atoms with Crippen LogP contribution in [0.1, 0.15) is 24.7 Å². The Labute approximate surface area is 172 Å². The van der Waals surface area contributed by atoms with Crippen molar-refractivity contribution in [3.63, 3.8) is 0 Å². The number of hydrogen-bond acceptors (Lipinski definition) is 6. The van der Waals surface area contributed by atoms with Crippen LogP contribution in [0, 0.1) is 0 Å². The van der Waals surface area contributed by atoms with E-state index in [9.17, 15) is 4.79 Å². The molecule has 0 atom stereocenters. The van der Waals surface area contributed by atoms with Crippen molar-refractivity contribution in [1.82, 2.24) is 20.0 Å². The Hall–Kier alpha value is -3.13. The van der Waals surface area contributed by atoms with Crippen molar-refractivity contribution >= 4 is 23.3 Å². The minimum atomic E-state index is -0.191. The molecule has 0 saturated carbocycles. The minimum absolute atomic E-state index is 0.115. The highest BCUT2D eigenvalue weighted by molar-refractivity contribution is 6.31. The maximum Gasteiger partial charge on any atom is 0.321 e. The number of halogens is 1. The molecule has 3 aromatic rings. The number of hydrogen-bond donors (Lipinski definition) is 1. The third kappa shape index (κ3) is 4.32. The van der Waals surface area contributed by atoms with Gasteiger partial charge in [-0.15, -0.1) is 0 Å². The van der Waals surface area contributed by atoms with E-state index in [0.29, 0.717) is 47.0 Å². The van der Waals surface area contributed by atoms with Gasteiger partial charge >= 0.3 is 6.03 Å². The zero-order valence-electron chi connectivity index (χ0n) is 15.8. The summed E-state index contributed by atoms with van der Waals surface area (Å²) in [6.07, 6.45) is 3.17. The summed E-state index contributed by atoms with van der Waals surface area (Å²) in [5, 5.41) is 7.43. The number of carbonyl (C=O) groups is 1. The number of piperidine rings is 1. The molecule has 8 nitrogen and oxygen atoms in total. The largest absolute Gasteiger partial charge is 0.495 e. The number of anilines is 1. The summed E-state index contributed by atoms with van der Waals surface area (Å²) in [6, 6.07) is 10.5. The Morgan fingerprint density at radius 1 is 1.28 bits per heavy atom. The first-order valence-corrected chi connectivity index (χ1v) is 9.66. The highest BCUT2D eigenvalue weighted by Gasteiger charge is 2.28. The number of likely N-dealkylation sites (tertiary alicyclic amines) is 1. The Morgan fingerprint density at radius 3 is 2.83 bits per heavy atom. The number of carbonyl (C=O) groups excluding carboxylic acids is 1. The van der Waals surface area contributed by atoms with Gasteiger partial charge in [-0.05, 0) is 43.2 Å². The normalized spacial score (nSPS) is 14.6. The number of ether oxygens (including phenoxy) is 1. The second kappa shape index (κ2) is 8.48. The van der Waals surface area contributed by atoms with Gasteiger partial charge in [0.15, 0.2) is 0 Å². The van der Waals surface area contributed by atoms with Crippen molar-refractivity contribution in [2.45, 2.75) is 18.8 Å². The molecular weight excluding hydrogens is 394 g/mol. The van der Waals surface area contributed by atoms with Gasteiger partial charge in [0, 0.05) is 30.2 Å². The number of amides is 2. The van der Waals surface area contributed by atoms with Crippen LogP contribution in [0.5, 0.6) is 5.75 Å². The van der Waals surface area contributed by atoms with Gasteiger partial charge in [-0.1, -0.05) is 22.8 Å². The van der Waals surface area contributed by atoms with Crippen molar-refractivity contribution in [1.29, 1.82) is 0 Å². The molecule has 2 amide bonds. The molecule has 29 heavy (non-hydrogen) atoms. The lowest BCUT2D eigenvalue weighted by Gasteiger charge is -2.30. The quantitative estimate of drug-likeness (QED) is 0.688. The van der Waals surface area contributed by atoms with Crippen LogP contribution in [0.4, 0.5) is 10.5 Å². The van der Waals surface area contributed by atoms with Crippen LogP contribution in [0.25, 0.3) is 11.5 Å². The lowest BCUT2D eigenvalue weighted by molar-refractivity contribution is 0.187. The molecule has 1 aliphatic heterocycles. The molecule has 1 saturated heterocycles. The maximum absolute atomic E-state index is 12.6. The second-order valence-corrected chi connectivity index (χ2v) is 7.14. The van der Waals surface area contributed by atoms with Crippen LogP contribution in [-0.4, -0.2) is 46.3 Å². The van der Waals surface area contributed by atoms with E-state index < -0.39 is 0 Å². The predicted octanol–water partition coefficient (Wildman–Crippen LogP) is 4.21. The van der Waals surface area contributed by atoms with E-state index in [2.05, 4.69) is 20.4 Å². The standard InChI is InChI=1S/C20H20ClN5O3/c1-28-17-6-5-14(21)12-16(17)23-20(27)26-10-7-13(8-11-26)19-24-18(25-29-19)15-4-2-3-9-22-15/h2-6,9,12-13H,7-8,10-11H2,1H3,(H,23,27). The van der Waals surface area contributed by atoms with E-state index >= 15 is 0 Å². The van der Waals surface area contributed by atoms with Crippen molar-refractivity contribution in [3.8, 4) is 17.3 Å². The van der Waals surface area contributed by atoms with E-state index in [0.717, 1.165) is 12.8 Å². The average molecular weight is 414 g/mol. The Kier molecular flexibility index (Phi) is 5.62. The van der Waals surface area contributed by atoms with E-state index in [1.54, 1.807) is 36.4 Å². The number of methoxy groups -OCH3 is 1. The molecule has 3 heterocycles. The summed E-state index contributed by atoms with van der Waals surface area (Å²) in [7, 11) is 1.55. The van der Waals surface area contributed by atoms with Gasteiger partial charge in [0.2, 0.25) is 11.7 Å². The topological polar surface area (TPSA) is 93.4 Å². The molecule has 1 aliphatic rings. The summed E-state index contributed by atoms with van der Waals surface area (Å²) in [4.78, 5) is 23.1. The van der Waals surface area contributed by atoms with Gasteiger partial charge in [0.1, 0.15) is 11.4 Å². The molecule has 150 valence electrons. The number of urea groups is 1. The summed E-state index contributed by atoms with van der Waals surface area (Å²) in [5.41, 5.74) is 1.22. The van der Waals surface area contributed by atoms with Crippen molar-refractivity contribution in [3.05, 3.63) is 53.5 Å². The number of aromatic nitrogens is 3. The Morgan fingerprint density at radius 2 is 2.10 bits per heavy atom. The molecule has 1 N–H and O–H groups in total. The fraction of sp³-hybridized carbons (Fsp3) is 0.300. The number of nitrogens with one attached hydrogen (secondary N) is 1. The maximum atomic E-state index is 12.6. The highest BCUT2D eigenvalue weighted by Crippen LogP contribution is 2.30. The molecule has 0 unspecified atom stereocenters. The van der Waals surface area contributed by atoms with Crippen LogP contribution >= 0.6 is 11.6 Å². The van der Waals surface area contributed by atoms with Crippen LogP contribution in [0.15, 0.2) is 47.1 Å². The first-order valence-electron chi connectivity index (χ1n) is 9.28. The third-order valence-electron chi connectivity index (χ3n) is 4.87. The Balaban J connectivity index is 1.37. The highest BCUT2D eigenvalue weighted by atomic mass is 35.5. The molecule has 2 aromatic heterocycles. The molecule has 1 fully saturated rings. The van der Waals surface area contributed by atoms with Crippen LogP contribution in [-0.2, 0) is 0 Å². The van der Waals surface area contributed by atoms with Crippen molar-refractivity contribution in [2.24, 2.45) is 0 Å². The van der Waals surface area contributed by atoms with E-state index in [4.69, 9.17) is 20.9 Å². The van der Waals surface area contributed by atoms with Gasteiger partial charge in [0.25, 0.3) is 0 Å². The summed E-state index contributed by atoms with van der Waals surface area (Å²) < 4.78 is 10.7. The number of rotatable bonds is 4. The Bertz CT molecular complexity index is 987. The summed E-state index contributed by atoms with van der Waals surface area (Å²) in [6.45, 7) is 1.17. The van der Waals surface area contributed by atoms with Crippen LogP contribution in [0.3, 0.4) is 0 Å². The number of benzene rings is 1.